The minimum atomic E-state index is 0.133. The molecule has 2 aliphatic heterocycles. The van der Waals surface area contributed by atoms with Crippen molar-refractivity contribution in [2.75, 3.05) is 32.7 Å². The van der Waals surface area contributed by atoms with E-state index in [1.54, 1.807) is 0 Å². The van der Waals surface area contributed by atoms with Gasteiger partial charge in [0.2, 0.25) is 0 Å². The Bertz CT molecular complexity index is 287. The molecule has 2 atom stereocenters. The van der Waals surface area contributed by atoms with E-state index < -0.39 is 0 Å². The Morgan fingerprint density at radius 1 is 1.50 bits per heavy atom. The molecule has 0 aromatic rings. The summed E-state index contributed by atoms with van der Waals surface area (Å²) < 4.78 is 0. The van der Waals surface area contributed by atoms with Crippen LogP contribution in [0, 0.1) is 11.3 Å². The van der Waals surface area contributed by atoms with Crippen LogP contribution in [0.15, 0.2) is 0 Å². The van der Waals surface area contributed by atoms with E-state index in [1.807, 2.05) is 4.90 Å². The molecule has 104 valence electrons. The number of likely N-dealkylation sites (tertiary alicyclic amines) is 1. The van der Waals surface area contributed by atoms with Gasteiger partial charge in [0, 0.05) is 26.2 Å². The average molecular weight is 253 g/mol. The molecular weight excluding hydrogens is 226 g/mol. The molecule has 4 heteroatoms. The van der Waals surface area contributed by atoms with Gasteiger partial charge in [0.05, 0.1) is 0 Å². The summed E-state index contributed by atoms with van der Waals surface area (Å²) in [7, 11) is 0. The molecule has 0 spiro atoms. The number of carbonyl (C=O) groups is 1. The zero-order valence-corrected chi connectivity index (χ0v) is 11.8. The predicted octanol–water partition coefficient (Wildman–Crippen LogP) is 1.82. The largest absolute Gasteiger partial charge is 0.337 e. The molecule has 0 aliphatic carbocycles. The first-order valence-corrected chi connectivity index (χ1v) is 7.33. The van der Waals surface area contributed by atoms with Crippen molar-refractivity contribution in [2.24, 2.45) is 11.3 Å². The lowest BCUT2D eigenvalue weighted by Gasteiger charge is -2.36. The van der Waals surface area contributed by atoms with Gasteiger partial charge in [-0.3, -0.25) is 0 Å². The van der Waals surface area contributed by atoms with Crippen LogP contribution in [0.25, 0.3) is 0 Å². The SMILES string of the molecule is CC1CCCN(C(=O)NCC2(C)CCCNC2)C1. The van der Waals surface area contributed by atoms with Crippen molar-refractivity contribution in [3.63, 3.8) is 0 Å². The van der Waals surface area contributed by atoms with E-state index in [4.69, 9.17) is 0 Å². The molecule has 2 saturated heterocycles. The standard InChI is InChI=1S/C14H27N3O/c1-12-5-3-8-17(9-12)13(18)16-11-14(2)6-4-7-15-10-14/h12,15H,3-11H2,1-2H3,(H,16,18). The van der Waals surface area contributed by atoms with Gasteiger partial charge in [0.25, 0.3) is 0 Å². The first-order chi connectivity index (χ1) is 8.59. The lowest BCUT2D eigenvalue weighted by atomic mass is 9.83. The lowest BCUT2D eigenvalue weighted by Crippen LogP contribution is -2.50. The van der Waals surface area contributed by atoms with E-state index in [0.717, 1.165) is 39.1 Å². The number of nitrogens with one attached hydrogen (secondary N) is 2. The highest BCUT2D eigenvalue weighted by Gasteiger charge is 2.28. The average Bonchev–Trinajstić information content (AvgIpc) is 2.37. The van der Waals surface area contributed by atoms with Crippen molar-refractivity contribution in [2.45, 2.75) is 39.5 Å². The Balaban J connectivity index is 1.76. The number of carbonyl (C=O) groups excluding carboxylic acids is 1. The van der Waals surface area contributed by atoms with Crippen LogP contribution in [0.4, 0.5) is 4.79 Å². The number of nitrogens with zero attached hydrogens (tertiary/aromatic N) is 1. The van der Waals surface area contributed by atoms with E-state index >= 15 is 0 Å². The molecule has 2 rings (SSSR count). The summed E-state index contributed by atoms with van der Waals surface area (Å²) in [6.07, 6.45) is 4.82. The van der Waals surface area contributed by atoms with Crippen molar-refractivity contribution in [1.29, 1.82) is 0 Å². The van der Waals surface area contributed by atoms with Crippen molar-refractivity contribution < 1.29 is 4.79 Å². The molecule has 0 radical (unpaired) electrons. The Morgan fingerprint density at radius 3 is 3.00 bits per heavy atom. The Labute approximate surface area is 110 Å². The molecule has 0 aromatic carbocycles. The molecule has 2 unspecified atom stereocenters. The number of hydrogen-bond acceptors (Lipinski definition) is 2. The second kappa shape index (κ2) is 5.91. The van der Waals surface area contributed by atoms with Gasteiger partial charge in [-0.05, 0) is 43.6 Å². The van der Waals surface area contributed by atoms with Crippen LogP contribution in [0.2, 0.25) is 0 Å². The van der Waals surface area contributed by atoms with Crippen LogP contribution < -0.4 is 10.6 Å². The maximum absolute atomic E-state index is 12.1. The van der Waals surface area contributed by atoms with Gasteiger partial charge in [-0.15, -0.1) is 0 Å². The third-order valence-electron chi connectivity index (χ3n) is 4.30. The van der Waals surface area contributed by atoms with E-state index in [9.17, 15) is 4.79 Å². The van der Waals surface area contributed by atoms with Crippen LogP contribution in [-0.4, -0.2) is 43.7 Å². The molecular formula is C14H27N3O. The summed E-state index contributed by atoms with van der Waals surface area (Å²) in [5, 5.41) is 6.55. The second-order valence-electron chi connectivity index (χ2n) is 6.44. The molecule has 2 amide bonds. The number of urea groups is 1. The van der Waals surface area contributed by atoms with Crippen LogP contribution in [0.5, 0.6) is 0 Å². The van der Waals surface area contributed by atoms with Crippen molar-refractivity contribution >= 4 is 6.03 Å². The number of piperidine rings is 2. The van der Waals surface area contributed by atoms with Crippen molar-refractivity contribution in [3.8, 4) is 0 Å². The van der Waals surface area contributed by atoms with Crippen LogP contribution in [0.1, 0.15) is 39.5 Å². The monoisotopic (exact) mass is 253 g/mol. The molecule has 2 aliphatic rings. The molecule has 0 aromatic heterocycles. The van der Waals surface area contributed by atoms with Crippen LogP contribution >= 0.6 is 0 Å². The fraction of sp³-hybridized carbons (Fsp3) is 0.929. The highest BCUT2D eigenvalue weighted by atomic mass is 16.2. The van der Waals surface area contributed by atoms with E-state index in [1.165, 1.54) is 19.3 Å². The molecule has 2 fully saturated rings. The van der Waals surface area contributed by atoms with E-state index in [0.29, 0.717) is 5.92 Å². The van der Waals surface area contributed by atoms with Crippen LogP contribution in [-0.2, 0) is 0 Å². The summed E-state index contributed by atoms with van der Waals surface area (Å²) in [6.45, 7) is 9.26. The Hall–Kier alpha value is -0.770. The third-order valence-corrected chi connectivity index (χ3v) is 4.30. The van der Waals surface area contributed by atoms with Crippen molar-refractivity contribution in [1.82, 2.24) is 15.5 Å². The molecule has 18 heavy (non-hydrogen) atoms. The topological polar surface area (TPSA) is 44.4 Å². The summed E-state index contributed by atoms with van der Waals surface area (Å²) in [4.78, 5) is 14.1. The first-order valence-electron chi connectivity index (χ1n) is 7.33. The van der Waals surface area contributed by atoms with Gasteiger partial charge in [0.1, 0.15) is 0 Å². The van der Waals surface area contributed by atoms with E-state index in [2.05, 4.69) is 24.5 Å². The summed E-state index contributed by atoms with van der Waals surface area (Å²) >= 11 is 0. The Kier molecular flexibility index (Phi) is 4.49. The maximum Gasteiger partial charge on any atom is 0.317 e. The van der Waals surface area contributed by atoms with Gasteiger partial charge < -0.3 is 15.5 Å². The van der Waals surface area contributed by atoms with Crippen LogP contribution in [0.3, 0.4) is 0 Å². The quantitative estimate of drug-likeness (QED) is 0.788. The maximum atomic E-state index is 12.1. The predicted molar refractivity (Wildman–Crippen MR) is 73.6 cm³/mol. The number of rotatable bonds is 2. The summed E-state index contributed by atoms with van der Waals surface area (Å²) in [5.74, 6) is 0.649. The van der Waals surface area contributed by atoms with Gasteiger partial charge >= 0.3 is 6.03 Å². The summed E-state index contributed by atoms with van der Waals surface area (Å²) in [5.41, 5.74) is 0.231. The third kappa shape index (κ3) is 3.61. The Morgan fingerprint density at radius 2 is 2.33 bits per heavy atom. The fourth-order valence-corrected chi connectivity index (χ4v) is 3.04. The molecule has 0 bridgehead atoms. The molecule has 2 N–H and O–H groups in total. The van der Waals surface area contributed by atoms with Gasteiger partial charge in [0.15, 0.2) is 0 Å². The molecule has 4 nitrogen and oxygen atoms in total. The van der Waals surface area contributed by atoms with E-state index in [-0.39, 0.29) is 11.4 Å². The van der Waals surface area contributed by atoms with Crippen molar-refractivity contribution in [3.05, 3.63) is 0 Å². The van der Waals surface area contributed by atoms with Gasteiger partial charge in [-0.1, -0.05) is 13.8 Å². The van der Waals surface area contributed by atoms with Gasteiger partial charge in [-0.2, -0.15) is 0 Å². The zero-order valence-electron chi connectivity index (χ0n) is 11.8. The first kappa shape index (κ1) is 13.7. The highest BCUT2D eigenvalue weighted by Crippen LogP contribution is 2.24. The second-order valence-corrected chi connectivity index (χ2v) is 6.44. The molecule has 0 saturated carbocycles. The lowest BCUT2D eigenvalue weighted by molar-refractivity contribution is 0.159. The smallest absolute Gasteiger partial charge is 0.317 e. The number of amides is 2. The van der Waals surface area contributed by atoms with Gasteiger partial charge in [-0.25, -0.2) is 4.79 Å². The fourth-order valence-electron chi connectivity index (χ4n) is 3.04. The normalized spacial score (nSPS) is 33.2. The highest BCUT2D eigenvalue weighted by molar-refractivity contribution is 5.74. The summed E-state index contributed by atoms with van der Waals surface area (Å²) in [6, 6.07) is 0.133. The minimum Gasteiger partial charge on any atom is -0.337 e. The zero-order chi connectivity index (χ0) is 13.0. The number of hydrogen-bond donors (Lipinski definition) is 2. The molecule has 2 heterocycles. The minimum absolute atomic E-state index is 0.133.